The number of carbonyl (C=O) groups is 1. The molecule has 1 unspecified atom stereocenters. The van der Waals surface area contributed by atoms with Gasteiger partial charge >= 0.3 is 0 Å². The highest BCUT2D eigenvalue weighted by Crippen LogP contribution is 2.24. The third-order valence-corrected chi connectivity index (χ3v) is 8.01. The molecule has 1 heterocycles. The Balaban J connectivity index is 0.00000155. The number of nitrogens with zero attached hydrogens (tertiary/aromatic N) is 1. The van der Waals surface area contributed by atoms with Gasteiger partial charge in [-0.1, -0.05) is 94.0 Å². The third kappa shape index (κ3) is 11.8. The predicted octanol–water partition coefficient (Wildman–Crippen LogP) is 6.92. The van der Waals surface area contributed by atoms with Gasteiger partial charge in [0.05, 0.1) is 0 Å². The first-order valence-corrected chi connectivity index (χ1v) is 16.0. The van der Waals surface area contributed by atoms with Crippen LogP contribution in [-0.2, 0) is 30.6 Å². The third-order valence-electron chi connectivity index (χ3n) is 8.01. The maximum atomic E-state index is 8.58. The number of amides is 1. The number of primary amides is 1. The lowest BCUT2D eigenvalue weighted by molar-refractivity contribution is -0.106. The molecule has 3 N–H and O–H groups in total. The maximum absolute atomic E-state index is 8.58. The van der Waals surface area contributed by atoms with E-state index in [1.165, 1.54) is 73.9 Å². The van der Waals surface area contributed by atoms with Gasteiger partial charge in [0, 0.05) is 23.7 Å². The summed E-state index contributed by atoms with van der Waals surface area (Å²) in [6.45, 7) is 11.2. The fourth-order valence-corrected chi connectivity index (χ4v) is 5.96. The van der Waals surface area contributed by atoms with Crippen molar-refractivity contribution in [2.75, 3.05) is 19.6 Å². The van der Waals surface area contributed by atoms with Crippen LogP contribution in [0.5, 0.6) is 0 Å². The zero-order chi connectivity index (χ0) is 30.0. The van der Waals surface area contributed by atoms with Gasteiger partial charge in [-0.15, -0.1) is 0 Å². The Morgan fingerprint density at radius 3 is 2.21 bits per heavy atom. The van der Waals surface area contributed by atoms with Crippen molar-refractivity contribution in [3.05, 3.63) is 106 Å². The minimum Gasteiger partial charge on any atom is -0.372 e. The second-order valence-corrected chi connectivity index (χ2v) is 11.5. The molecule has 1 atom stereocenters. The molecule has 1 aliphatic heterocycles. The van der Waals surface area contributed by atoms with Crippen molar-refractivity contribution in [2.24, 2.45) is 11.7 Å². The van der Waals surface area contributed by atoms with Crippen LogP contribution in [0.15, 0.2) is 72.8 Å². The van der Waals surface area contributed by atoms with Crippen molar-refractivity contribution in [3.63, 3.8) is 0 Å². The van der Waals surface area contributed by atoms with Crippen molar-refractivity contribution in [1.82, 2.24) is 10.2 Å². The molecule has 0 aromatic heterocycles. The van der Waals surface area contributed by atoms with Gasteiger partial charge < -0.3 is 11.1 Å². The fourth-order valence-electron chi connectivity index (χ4n) is 5.96. The summed E-state index contributed by atoms with van der Waals surface area (Å²) in [7, 11) is 0. The van der Waals surface area contributed by atoms with Gasteiger partial charge in [-0.25, -0.2) is 0 Å². The van der Waals surface area contributed by atoms with E-state index in [-0.39, 0.29) is 6.41 Å². The zero-order valence-corrected chi connectivity index (χ0v) is 26.1. The summed E-state index contributed by atoms with van der Waals surface area (Å²) in [6.07, 6.45) is 9.98. The number of nitrogens with one attached hydrogen (secondary N) is 1. The molecule has 224 valence electrons. The van der Waals surface area contributed by atoms with Crippen molar-refractivity contribution in [2.45, 2.75) is 84.7 Å². The molecule has 3 aromatic rings. The number of likely N-dealkylation sites (tertiary alicyclic amines) is 1. The molecule has 0 aliphatic carbocycles. The normalized spacial score (nSPS) is 14.3. The standard InChI is InChI=1S/C37H48N2.CH3NO/c1-4-9-30-15-17-31(18-16-30)19-20-32-11-7-14-36(26-32)29-39-23-21-33(22-24-39)25-34-12-8-13-35(27-34)28-37(10-5-2)38-6-3;2-1-3/h7-8,11-18,26-27,33,37-38H,4-6,9-10,21-25,28-29H2,1-3H3;1H,(H2,2,3). The minimum absolute atomic E-state index is 0.250. The van der Waals surface area contributed by atoms with Crippen molar-refractivity contribution >= 4 is 6.41 Å². The molecule has 3 aromatic carbocycles. The van der Waals surface area contributed by atoms with Crippen molar-refractivity contribution in [1.29, 1.82) is 0 Å². The van der Waals surface area contributed by atoms with Crippen molar-refractivity contribution in [3.8, 4) is 11.8 Å². The summed E-state index contributed by atoms with van der Waals surface area (Å²) >= 11 is 0. The second-order valence-electron chi connectivity index (χ2n) is 11.5. The molecule has 42 heavy (non-hydrogen) atoms. The van der Waals surface area contributed by atoms with Gasteiger partial charge in [0.15, 0.2) is 0 Å². The first-order chi connectivity index (χ1) is 20.6. The Kier molecular flexibility index (Phi) is 14.9. The Hall–Kier alpha value is -3.39. The molecule has 1 amide bonds. The molecule has 4 rings (SSSR count). The van der Waals surface area contributed by atoms with Gasteiger partial charge in [0.1, 0.15) is 0 Å². The minimum atomic E-state index is 0.250. The number of carbonyl (C=O) groups excluding carboxylic acids is 1. The molecule has 1 aliphatic rings. The van der Waals surface area contributed by atoms with E-state index in [9.17, 15) is 0 Å². The number of hydrogen-bond acceptors (Lipinski definition) is 3. The molecule has 0 saturated carbocycles. The quantitative estimate of drug-likeness (QED) is 0.185. The molecule has 4 heteroatoms. The molecule has 0 radical (unpaired) electrons. The number of benzene rings is 3. The summed E-state index contributed by atoms with van der Waals surface area (Å²) < 4.78 is 0. The summed E-state index contributed by atoms with van der Waals surface area (Å²) in [4.78, 5) is 11.2. The second kappa shape index (κ2) is 18.9. The van der Waals surface area contributed by atoms with Crippen LogP contribution in [0.2, 0.25) is 0 Å². The fraction of sp³-hybridized carbons (Fsp3) is 0.447. The Labute approximate surface area is 255 Å². The molecule has 1 fully saturated rings. The monoisotopic (exact) mass is 565 g/mol. The Morgan fingerprint density at radius 2 is 1.52 bits per heavy atom. The Bertz CT molecular complexity index is 1240. The molecule has 1 saturated heterocycles. The largest absolute Gasteiger partial charge is 0.372 e. The van der Waals surface area contributed by atoms with E-state index in [0.717, 1.165) is 43.0 Å². The number of piperidine rings is 1. The maximum Gasteiger partial charge on any atom is 0.204 e. The van der Waals surface area contributed by atoms with E-state index >= 15 is 0 Å². The highest BCUT2D eigenvalue weighted by Gasteiger charge is 2.20. The molecular formula is C38H51N3O. The van der Waals surface area contributed by atoms with Crippen LogP contribution in [0.1, 0.15) is 86.3 Å². The van der Waals surface area contributed by atoms with E-state index in [1.54, 1.807) is 0 Å². The van der Waals surface area contributed by atoms with E-state index in [4.69, 9.17) is 4.79 Å². The van der Waals surface area contributed by atoms with E-state index in [0.29, 0.717) is 6.04 Å². The summed E-state index contributed by atoms with van der Waals surface area (Å²) in [6, 6.07) is 27.5. The van der Waals surface area contributed by atoms with Gasteiger partial charge in [-0.2, -0.15) is 0 Å². The summed E-state index contributed by atoms with van der Waals surface area (Å²) in [5.74, 6) is 7.52. The van der Waals surface area contributed by atoms with Crippen LogP contribution in [0.4, 0.5) is 0 Å². The molecule has 0 bridgehead atoms. The lowest BCUT2D eigenvalue weighted by Gasteiger charge is -2.32. The first kappa shape index (κ1) is 33.1. The molecule has 4 nitrogen and oxygen atoms in total. The van der Waals surface area contributed by atoms with Crippen LogP contribution in [0.3, 0.4) is 0 Å². The summed E-state index contributed by atoms with van der Waals surface area (Å²) in [5.41, 5.74) is 12.1. The number of hydrogen-bond donors (Lipinski definition) is 2. The van der Waals surface area contributed by atoms with Gasteiger partial charge in [0.2, 0.25) is 6.41 Å². The van der Waals surface area contributed by atoms with Crippen LogP contribution in [-0.4, -0.2) is 37.0 Å². The smallest absolute Gasteiger partial charge is 0.204 e. The summed E-state index contributed by atoms with van der Waals surface area (Å²) in [5, 5.41) is 3.67. The van der Waals surface area contributed by atoms with Gasteiger partial charge in [-0.05, 0) is 111 Å². The van der Waals surface area contributed by atoms with E-state index in [1.807, 2.05) is 0 Å². The van der Waals surface area contributed by atoms with Gasteiger partial charge in [0.25, 0.3) is 0 Å². The Morgan fingerprint density at radius 1 is 0.857 bits per heavy atom. The predicted molar refractivity (Wildman–Crippen MR) is 177 cm³/mol. The average Bonchev–Trinajstić information content (AvgIpc) is 2.99. The van der Waals surface area contributed by atoms with Crippen LogP contribution < -0.4 is 11.1 Å². The van der Waals surface area contributed by atoms with Crippen LogP contribution >= 0.6 is 0 Å². The van der Waals surface area contributed by atoms with E-state index in [2.05, 4.69) is 121 Å². The topological polar surface area (TPSA) is 58.4 Å². The van der Waals surface area contributed by atoms with Gasteiger partial charge in [-0.3, -0.25) is 9.69 Å². The number of aryl methyl sites for hydroxylation is 1. The van der Waals surface area contributed by atoms with Crippen LogP contribution in [0.25, 0.3) is 0 Å². The number of rotatable bonds is 12. The lowest BCUT2D eigenvalue weighted by atomic mass is 9.89. The van der Waals surface area contributed by atoms with E-state index < -0.39 is 0 Å². The molecular weight excluding hydrogens is 514 g/mol. The SMILES string of the molecule is CCCc1ccc(C#Cc2cccc(CN3CCC(Cc4cccc(CC(CCC)NCC)c4)CC3)c2)cc1.NC=O. The van der Waals surface area contributed by atoms with Crippen LogP contribution in [0, 0.1) is 17.8 Å². The molecule has 0 spiro atoms. The van der Waals surface area contributed by atoms with Crippen molar-refractivity contribution < 1.29 is 4.79 Å². The highest BCUT2D eigenvalue weighted by atomic mass is 16.1. The lowest BCUT2D eigenvalue weighted by Crippen LogP contribution is -2.33. The average molecular weight is 566 g/mol. The zero-order valence-electron chi connectivity index (χ0n) is 26.1. The first-order valence-electron chi connectivity index (χ1n) is 16.0. The number of likely N-dealkylation sites (N-methyl/N-ethyl adjacent to an activating group) is 1. The number of nitrogens with two attached hydrogens (primary N) is 1. The highest BCUT2D eigenvalue weighted by molar-refractivity contribution is 5.44.